The van der Waals surface area contributed by atoms with E-state index in [1.807, 2.05) is 20.8 Å². The molecule has 0 aliphatic carbocycles. The third-order valence-electron chi connectivity index (χ3n) is 3.68. The van der Waals surface area contributed by atoms with E-state index in [4.69, 9.17) is 0 Å². The summed E-state index contributed by atoms with van der Waals surface area (Å²) in [4.78, 5) is 14.1. The maximum Gasteiger partial charge on any atom is 0.241 e. The Morgan fingerprint density at radius 3 is 2.62 bits per heavy atom. The van der Waals surface area contributed by atoms with Crippen LogP contribution in [0.15, 0.2) is 18.2 Å². The number of hydrogen-bond donors (Lipinski definition) is 1. The van der Waals surface area contributed by atoms with Gasteiger partial charge in [0.1, 0.15) is 17.8 Å². The Kier molecular flexibility index (Phi) is 4.93. The van der Waals surface area contributed by atoms with Crippen LogP contribution in [0.1, 0.15) is 45.3 Å². The molecule has 1 aromatic rings. The van der Waals surface area contributed by atoms with Crippen molar-refractivity contribution in [1.82, 2.24) is 10.2 Å². The van der Waals surface area contributed by atoms with E-state index in [0.29, 0.717) is 24.4 Å². The molecule has 2 rings (SSSR count). The zero-order chi connectivity index (χ0) is 15.6. The Hall–Kier alpha value is -1.49. The summed E-state index contributed by atoms with van der Waals surface area (Å²) in [6.07, 6.45) is 0.987. The second-order valence-corrected chi connectivity index (χ2v) is 5.95. The lowest BCUT2D eigenvalue weighted by Crippen LogP contribution is -2.32. The van der Waals surface area contributed by atoms with E-state index in [-0.39, 0.29) is 11.9 Å². The molecule has 21 heavy (non-hydrogen) atoms. The number of amides is 1. The summed E-state index contributed by atoms with van der Waals surface area (Å²) < 4.78 is 27.1. The maximum absolute atomic E-state index is 14.0. The summed E-state index contributed by atoms with van der Waals surface area (Å²) >= 11 is 0. The zero-order valence-electron chi connectivity index (χ0n) is 12.7. The van der Waals surface area contributed by atoms with Crippen molar-refractivity contribution in [2.75, 3.05) is 6.54 Å². The Balaban J connectivity index is 2.29. The molecule has 2 atom stereocenters. The molecule has 1 aliphatic heterocycles. The second-order valence-electron chi connectivity index (χ2n) is 5.95. The van der Waals surface area contributed by atoms with Crippen LogP contribution in [-0.2, 0) is 4.79 Å². The highest BCUT2D eigenvalue weighted by atomic mass is 19.1. The lowest BCUT2D eigenvalue weighted by atomic mass is 10.0. The van der Waals surface area contributed by atoms with Crippen LogP contribution in [0.4, 0.5) is 8.78 Å². The maximum atomic E-state index is 14.0. The number of halogens is 2. The van der Waals surface area contributed by atoms with Gasteiger partial charge in [-0.25, -0.2) is 8.78 Å². The Morgan fingerprint density at radius 1 is 1.33 bits per heavy atom. The molecule has 0 bridgehead atoms. The minimum Gasteiger partial charge on any atom is -0.321 e. The molecule has 116 valence electrons. The van der Waals surface area contributed by atoms with Crippen molar-refractivity contribution in [3.63, 3.8) is 0 Å². The second kappa shape index (κ2) is 6.52. The highest BCUT2D eigenvalue weighted by Crippen LogP contribution is 2.29. The van der Waals surface area contributed by atoms with E-state index >= 15 is 0 Å². The molecule has 1 N–H and O–H groups in total. The van der Waals surface area contributed by atoms with Gasteiger partial charge in [0.05, 0.1) is 6.04 Å². The van der Waals surface area contributed by atoms with Gasteiger partial charge in [-0.3, -0.25) is 10.1 Å². The molecule has 1 fully saturated rings. The summed E-state index contributed by atoms with van der Waals surface area (Å²) in [6, 6.07) is 3.20. The smallest absolute Gasteiger partial charge is 0.241 e. The van der Waals surface area contributed by atoms with E-state index < -0.39 is 17.8 Å². The molecule has 2 unspecified atom stereocenters. The minimum atomic E-state index is -0.619. The van der Waals surface area contributed by atoms with E-state index in [1.54, 1.807) is 4.90 Å². The third kappa shape index (κ3) is 3.40. The van der Waals surface area contributed by atoms with Gasteiger partial charge in [0, 0.05) is 18.2 Å². The Labute approximate surface area is 124 Å². The van der Waals surface area contributed by atoms with Crippen molar-refractivity contribution >= 4 is 5.91 Å². The Bertz CT molecular complexity index is 519. The minimum absolute atomic E-state index is 0.000671. The lowest BCUT2D eigenvalue weighted by Gasteiger charge is -2.24. The van der Waals surface area contributed by atoms with Crippen LogP contribution in [-0.4, -0.2) is 23.4 Å². The number of benzene rings is 1. The van der Waals surface area contributed by atoms with E-state index in [0.717, 1.165) is 12.5 Å². The highest BCUT2D eigenvalue weighted by molar-refractivity contribution is 5.84. The first-order valence-corrected chi connectivity index (χ1v) is 7.45. The lowest BCUT2D eigenvalue weighted by molar-refractivity contribution is -0.130. The summed E-state index contributed by atoms with van der Waals surface area (Å²) in [6.45, 7) is 6.62. The van der Waals surface area contributed by atoms with Gasteiger partial charge in [0.25, 0.3) is 0 Å². The average Bonchev–Trinajstić information content (AvgIpc) is 2.68. The van der Waals surface area contributed by atoms with Crippen LogP contribution < -0.4 is 5.32 Å². The van der Waals surface area contributed by atoms with Crippen LogP contribution >= 0.6 is 0 Å². The van der Waals surface area contributed by atoms with Crippen LogP contribution in [0, 0.1) is 17.6 Å². The molecular formula is C16H22F2N2O. The topological polar surface area (TPSA) is 32.3 Å². The van der Waals surface area contributed by atoms with Crippen molar-refractivity contribution in [2.24, 2.45) is 5.92 Å². The van der Waals surface area contributed by atoms with Gasteiger partial charge < -0.3 is 4.90 Å². The average molecular weight is 296 g/mol. The van der Waals surface area contributed by atoms with E-state index in [1.165, 1.54) is 12.1 Å². The van der Waals surface area contributed by atoms with Gasteiger partial charge in [0.15, 0.2) is 0 Å². The fourth-order valence-corrected chi connectivity index (χ4v) is 2.78. The molecule has 3 nitrogen and oxygen atoms in total. The highest BCUT2D eigenvalue weighted by Gasteiger charge is 2.40. The van der Waals surface area contributed by atoms with Crippen LogP contribution in [0.2, 0.25) is 0 Å². The quantitative estimate of drug-likeness (QED) is 0.905. The monoisotopic (exact) mass is 296 g/mol. The molecule has 1 heterocycles. The first-order valence-electron chi connectivity index (χ1n) is 7.45. The number of rotatable bonds is 5. The summed E-state index contributed by atoms with van der Waals surface area (Å²) in [5.41, 5.74) is 0.324. The van der Waals surface area contributed by atoms with Gasteiger partial charge in [-0.15, -0.1) is 0 Å². The Morgan fingerprint density at radius 2 is 2.05 bits per heavy atom. The van der Waals surface area contributed by atoms with Crippen LogP contribution in [0.25, 0.3) is 0 Å². The van der Waals surface area contributed by atoms with E-state index in [9.17, 15) is 13.6 Å². The summed E-state index contributed by atoms with van der Waals surface area (Å²) in [5.74, 6) is -0.862. The molecule has 5 heteroatoms. The number of nitrogens with one attached hydrogen (secondary N) is 1. The molecule has 1 saturated heterocycles. The molecule has 1 aromatic carbocycles. The zero-order valence-corrected chi connectivity index (χ0v) is 12.7. The molecule has 0 radical (unpaired) electrons. The summed E-state index contributed by atoms with van der Waals surface area (Å²) in [7, 11) is 0. The van der Waals surface area contributed by atoms with Gasteiger partial charge in [-0.2, -0.15) is 0 Å². The van der Waals surface area contributed by atoms with Crippen molar-refractivity contribution in [3.05, 3.63) is 35.4 Å². The fraction of sp³-hybridized carbons (Fsp3) is 0.562. The first-order chi connectivity index (χ1) is 9.93. The standard InChI is InChI=1S/C16H22F2N2O/c1-4-7-20-15(12-6-5-11(17)9-13(12)18)19-14(16(20)21)8-10(2)3/h5-6,9-10,14-15,19H,4,7-8H2,1-3H3. The van der Waals surface area contributed by atoms with Crippen molar-refractivity contribution in [3.8, 4) is 0 Å². The molecule has 1 aliphatic rings. The van der Waals surface area contributed by atoms with Crippen molar-refractivity contribution in [1.29, 1.82) is 0 Å². The molecule has 0 spiro atoms. The fourth-order valence-electron chi connectivity index (χ4n) is 2.78. The van der Waals surface area contributed by atoms with Crippen LogP contribution in [0.5, 0.6) is 0 Å². The van der Waals surface area contributed by atoms with Gasteiger partial charge >= 0.3 is 0 Å². The number of carbonyl (C=O) groups is 1. The SMILES string of the molecule is CCCN1C(=O)C(CC(C)C)NC1c1ccc(F)cc1F. The van der Waals surface area contributed by atoms with Gasteiger partial charge in [0.2, 0.25) is 5.91 Å². The molecular weight excluding hydrogens is 274 g/mol. The van der Waals surface area contributed by atoms with Crippen molar-refractivity contribution in [2.45, 2.75) is 45.8 Å². The number of hydrogen-bond acceptors (Lipinski definition) is 2. The van der Waals surface area contributed by atoms with Crippen LogP contribution in [0.3, 0.4) is 0 Å². The predicted molar refractivity (Wildman–Crippen MR) is 77.5 cm³/mol. The third-order valence-corrected chi connectivity index (χ3v) is 3.68. The molecule has 0 aromatic heterocycles. The van der Waals surface area contributed by atoms with E-state index in [2.05, 4.69) is 5.32 Å². The number of carbonyl (C=O) groups excluding carboxylic acids is 1. The summed E-state index contributed by atoms with van der Waals surface area (Å²) in [5, 5.41) is 3.20. The predicted octanol–water partition coefficient (Wildman–Crippen LogP) is 3.22. The normalized spacial score (nSPS) is 22.4. The van der Waals surface area contributed by atoms with Gasteiger partial charge in [-0.1, -0.05) is 20.8 Å². The molecule has 0 saturated carbocycles. The van der Waals surface area contributed by atoms with Gasteiger partial charge in [-0.05, 0) is 30.9 Å². The largest absolute Gasteiger partial charge is 0.321 e. The van der Waals surface area contributed by atoms with Crippen molar-refractivity contribution < 1.29 is 13.6 Å². The first kappa shape index (κ1) is 15.9. The molecule has 1 amide bonds. The number of nitrogens with zero attached hydrogens (tertiary/aromatic N) is 1.